The zero-order valence-corrected chi connectivity index (χ0v) is 10.4. The fraction of sp³-hybridized carbons (Fsp3) is 0.250. The minimum Gasteiger partial charge on any atom is -0.303 e. The molecule has 0 aromatic heterocycles. The van der Waals surface area contributed by atoms with E-state index >= 15 is 0 Å². The number of sulfonamides is 1. The molecule has 0 aliphatic carbocycles. The van der Waals surface area contributed by atoms with E-state index in [0.717, 1.165) is 11.8 Å². The minimum atomic E-state index is -3.45. The van der Waals surface area contributed by atoms with Crippen LogP contribution in [0.3, 0.4) is 0 Å². The number of carbonyl (C=O) groups is 1. The van der Waals surface area contributed by atoms with Crippen LogP contribution < -0.4 is 4.72 Å². The standard InChI is InChI=1S/C12H15NO3S/c1-11-5-7-12(8-6-11)17(15,16)13-9-3-2-4-10-14/h2-3,5-8,10,13H,4,9H2,1H3/b3-2+. The molecule has 5 heteroatoms. The summed E-state index contributed by atoms with van der Waals surface area (Å²) in [6.07, 6.45) is 4.28. The van der Waals surface area contributed by atoms with Crippen LogP contribution in [0, 0.1) is 6.92 Å². The minimum absolute atomic E-state index is 0.185. The molecular formula is C12H15NO3S. The van der Waals surface area contributed by atoms with Gasteiger partial charge in [0.25, 0.3) is 0 Å². The van der Waals surface area contributed by atoms with Crippen molar-refractivity contribution in [3.63, 3.8) is 0 Å². The van der Waals surface area contributed by atoms with E-state index in [1.807, 2.05) is 6.92 Å². The van der Waals surface area contributed by atoms with Gasteiger partial charge >= 0.3 is 0 Å². The lowest BCUT2D eigenvalue weighted by molar-refractivity contribution is -0.107. The molecule has 0 spiro atoms. The van der Waals surface area contributed by atoms with Gasteiger partial charge in [-0.3, -0.25) is 0 Å². The van der Waals surface area contributed by atoms with E-state index in [1.54, 1.807) is 36.4 Å². The Morgan fingerprint density at radius 3 is 2.41 bits per heavy atom. The second-order valence-electron chi connectivity index (χ2n) is 3.54. The Morgan fingerprint density at radius 1 is 1.18 bits per heavy atom. The zero-order chi connectivity index (χ0) is 12.7. The molecule has 1 aromatic rings. The molecule has 92 valence electrons. The number of rotatable bonds is 6. The summed E-state index contributed by atoms with van der Waals surface area (Å²) in [6.45, 7) is 2.08. The third kappa shape index (κ3) is 4.50. The van der Waals surface area contributed by atoms with Gasteiger partial charge < -0.3 is 4.79 Å². The number of aryl methyl sites for hydroxylation is 1. The number of hydrogen-bond donors (Lipinski definition) is 1. The van der Waals surface area contributed by atoms with Crippen molar-refractivity contribution in [3.8, 4) is 0 Å². The Kier molecular flexibility index (Phi) is 5.06. The lowest BCUT2D eigenvalue weighted by atomic mass is 10.2. The molecule has 0 bridgehead atoms. The average molecular weight is 253 g/mol. The molecule has 0 amide bonds. The van der Waals surface area contributed by atoms with Gasteiger partial charge in [0, 0.05) is 13.0 Å². The number of hydrogen-bond acceptors (Lipinski definition) is 3. The quantitative estimate of drug-likeness (QED) is 0.616. The Hall–Kier alpha value is -1.46. The molecule has 0 unspecified atom stereocenters. The van der Waals surface area contributed by atoms with Crippen molar-refractivity contribution >= 4 is 16.3 Å². The molecule has 1 N–H and O–H groups in total. The molecule has 0 radical (unpaired) electrons. The molecule has 0 fully saturated rings. The summed E-state index contributed by atoms with van der Waals surface area (Å²) in [7, 11) is -3.45. The Bertz CT molecular complexity index is 489. The van der Waals surface area contributed by atoms with Crippen molar-refractivity contribution in [2.45, 2.75) is 18.2 Å². The number of allylic oxidation sites excluding steroid dienone is 1. The van der Waals surface area contributed by atoms with Crippen LogP contribution in [0.4, 0.5) is 0 Å². The van der Waals surface area contributed by atoms with Gasteiger partial charge in [-0.2, -0.15) is 0 Å². The van der Waals surface area contributed by atoms with Crippen molar-refractivity contribution < 1.29 is 13.2 Å². The number of aldehydes is 1. The maximum Gasteiger partial charge on any atom is 0.240 e. The average Bonchev–Trinajstić information content (AvgIpc) is 2.29. The first-order valence-corrected chi connectivity index (χ1v) is 6.69. The van der Waals surface area contributed by atoms with Crippen LogP contribution >= 0.6 is 0 Å². The number of carbonyl (C=O) groups excluding carboxylic acids is 1. The molecule has 1 rings (SSSR count). The first-order chi connectivity index (χ1) is 8.06. The van der Waals surface area contributed by atoms with E-state index in [0.29, 0.717) is 6.42 Å². The fourth-order valence-electron chi connectivity index (χ4n) is 1.19. The molecule has 17 heavy (non-hydrogen) atoms. The second-order valence-corrected chi connectivity index (χ2v) is 5.31. The second kappa shape index (κ2) is 6.32. The van der Waals surface area contributed by atoms with Gasteiger partial charge in [0.2, 0.25) is 10.0 Å². The molecule has 0 aliphatic rings. The Labute approximate surface area is 101 Å². The van der Waals surface area contributed by atoms with Crippen molar-refractivity contribution in [2.75, 3.05) is 6.54 Å². The molecule has 0 heterocycles. The van der Waals surface area contributed by atoms with Crippen LogP contribution in [0.25, 0.3) is 0 Å². The van der Waals surface area contributed by atoms with Crippen molar-refractivity contribution in [3.05, 3.63) is 42.0 Å². The Morgan fingerprint density at radius 2 is 1.82 bits per heavy atom. The molecule has 0 saturated carbocycles. The molecule has 4 nitrogen and oxygen atoms in total. The summed E-state index contributed by atoms with van der Waals surface area (Å²) in [6, 6.07) is 6.62. The predicted octanol–water partition coefficient (Wildman–Crippen LogP) is 1.42. The van der Waals surface area contributed by atoms with Gasteiger partial charge in [-0.1, -0.05) is 29.8 Å². The topological polar surface area (TPSA) is 63.2 Å². The normalized spacial score (nSPS) is 11.8. The van der Waals surface area contributed by atoms with Gasteiger partial charge in [0.05, 0.1) is 4.90 Å². The molecule has 0 aliphatic heterocycles. The summed E-state index contributed by atoms with van der Waals surface area (Å²) in [5.74, 6) is 0. The summed E-state index contributed by atoms with van der Waals surface area (Å²) >= 11 is 0. The van der Waals surface area contributed by atoms with Gasteiger partial charge in [0.15, 0.2) is 0 Å². The number of nitrogens with one attached hydrogen (secondary N) is 1. The summed E-state index contributed by atoms with van der Waals surface area (Å²) < 4.78 is 25.9. The first kappa shape index (κ1) is 13.6. The summed E-state index contributed by atoms with van der Waals surface area (Å²) in [4.78, 5) is 10.3. The third-order valence-corrected chi connectivity index (χ3v) is 3.56. The lowest BCUT2D eigenvalue weighted by Gasteiger charge is -2.04. The van der Waals surface area contributed by atoms with Crippen LogP contribution in [0.5, 0.6) is 0 Å². The molecular weight excluding hydrogens is 238 g/mol. The molecule has 1 aromatic carbocycles. The van der Waals surface area contributed by atoms with Crippen molar-refractivity contribution in [2.24, 2.45) is 0 Å². The highest BCUT2D eigenvalue weighted by molar-refractivity contribution is 7.89. The fourth-order valence-corrected chi connectivity index (χ4v) is 2.17. The highest BCUT2D eigenvalue weighted by atomic mass is 32.2. The smallest absolute Gasteiger partial charge is 0.240 e. The highest BCUT2D eigenvalue weighted by Gasteiger charge is 2.11. The van der Waals surface area contributed by atoms with E-state index in [9.17, 15) is 13.2 Å². The monoisotopic (exact) mass is 253 g/mol. The predicted molar refractivity (Wildman–Crippen MR) is 66.2 cm³/mol. The lowest BCUT2D eigenvalue weighted by Crippen LogP contribution is -2.23. The Balaban J connectivity index is 2.63. The maximum absolute atomic E-state index is 11.8. The van der Waals surface area contributed by atoms with Gasteiger partial charge in [-0.15, -0.1) is 0 Å². The first-order valence-electron chi connectivity index (χ1n) is 5.21. The van der Waals surface area contributed by atoms with E-state index in [2.05, 4.69) is 4.72 Å². The highest BCUT2D eigenvalue weighted by Crippen LogP contribution is 2.09. The van der Waals surface area contributed by atoms with E-state index in [1.165, 1.54) is 0 Å². The molecule has 0 saturated heterocycles. The van der Waals surface area contributed by atoms with Gasteiger partial charge in [-0.05, 0) is 19.1 Å². The van der Waals surface area contributed by atoms with Crippen LogP contribution in [0.1, 0.15) is 12.0 Å². The van der Waals surface area contributed by atoms with Crippen molar-refractivity contribution in [1.82, 2.24) is 4.72 Å². The van der Waals surface area contributed by atoms with Gasteiger partial charge in [-0.25, -0.2) is 13.1 Å². The summed E-state index contributed by atoms with van der Waals surface area (Å²) in [5, 5.41) is 0. The third-order valence-electron chi connectivity index (χ3n) is 2.12. The van der Waals surface area contributed by atoms with Crippen LogP contribution in [-0.4, -0.2) is 21.2 Å². The van der Waals surface area contributed by atoms with E-state index in [4.69, 9.17) is 0 Å². The van der Waals surface area contributed by atoms with Crippen molar-refractivity contribution in [1.29, 1.82) is 0 Å². The summed E-state index contributed by atoms with van der Waals surface area (Å²) in [5.41, 5.74) is 1.01. The maximum atomic E-state index is 11.8. The molecule has 0 atom stereocenters. The van der Waals surface area contributed by atoms with E-state index < -0.39 is 10.0 Å². The zero-order valence-electron chi connectivity index (χ0n) is 9.59. The van der Waals surface area contributed by atoms with Crippen LogP contribution in [0.2, 0.25) is 0 Å². The van der Waals surface area contributed by atoms with Crippen LogP contribution in [-0.2, 0) is 14.8 Å². The van der Waals surface area contributed by atoms with E-state index in [-0.39, 0.29) is 11.4 Å². The number of benzene rings is 1. The SMILES string of the molecule is Cc1ccc(S(=O)(=O)NC/C=C/CC=O)cc1. The largest absolute Gasteiger partial charge is 0.303 e. The van der Waals surface area contributed by atoms with Gasteiger partial charge in [0.1, 0.15) is 6.29 Å². The van der Waals surface area contributed by atoms with Crippen LogP contribution in [0.15, 0.2) is 41.3 Å².